The Morgan fingerprint density at radius 2 is 1.87 bits per heavy atom. The van der Waals surface area contributed by atoms with E-state index < -0.39 is 17.4 Å². The third-order valence-electron chi connectivity index (χ3n) is 3.47. The Morgan fingerprint density at radius 1 is 1.22 bits per heavy atom. The van der Waals surface area contributed by atoms with Crippen molar-refractivity contribution in [3.8, 4) is 11.1 Å². The lowest BCUT2D eigenvalue weighted by molar-refractivity contribution is -0.140. The zero-order valence-electron chi connectivity index (χ0n) is 11.8. The first-order valence-corrected chi connectivity index (χ1v) is 6.58. The van der Waals surface area contributed by atoms with Crippen molar-refractivity contribution in [2.45, 2.75) is 13.1 Å². The number of aromatic amines is 1. The standard InChI is InChI=1S/C15H10F3N3O2/c1-8-10(7-22)14(23)21-13(19-8)11(9-5-3-2-4-6-9)12(20-21)15(16,17)18/h2-7,19H,1H3. The van der Waals surface area contributed by atoms with E-state index in [2.05, 4.69) is 10.1 Å². The van der Waals surface area contributed by atoms with Crippen molar-refractivity contribution >= 4 is 11.9 Å². The van der Waals surface area contributed by atoms with E-state index in [1.54, 1.807) is 18.2 Å². The van der Waals surface area contributed by atoms with Crippen LogP contribution >= 0.6 is 0 Å². The Balaban J connectivity index is 2.50. The van der Waals surface area contributed by atoms with Crippen LogP contribution in [0, 0.1) is 6.92 Å². The Kier molecular flexibility index (Phi) is 3.32. The molecule has 118 valence electrons. The fourth-order valence-electron chi connectivity index (χ4n) is 2.42. The molecule has 0 radical (unpaired) electrons. The minimum atomic E-state index is -4.74. The number of hydrogen-bond donors (Lipinski definition) is 1. The van der Waals surface area contributed by atoms with Crippen LogP contribution in [0.2, 0.25) is 0 Å². The van der Waals surface area contributed by atoms with Gasteiger partial charge in [0.2, 0.25) is 0 Å². The van der Waals surface area contributed by atoms with Crippen LogP contribution in [-0.4, -0.2) is 20.9 Å². The SMILES string of the molecule is Cc1[nH]c2c(-c3ccccc3)c(C(F)(F)F)nn2c(=O)c1C=O. The fourth-order valence-corrected chi connectivity index (χ4v) is 2.42. The number of rotatable bonds is 2. The number of halogens is 3. The molecule has 0 aliphatic rings. The molecule has 0 amide bonds. The van der Waals surface area contributed by atoms with E-state index in [4.69, 9.17) is 0 Å². The number of carbonyl (C=O) groups is 1. The number of benzene rings is 1. The predicted octanol–water partition coefficient (Wildman–Crippen LogP) is 2.83. The molecule has 2 aromatic heterocycles. The normalized spacial score (nSPS) is 11.8. The van der Waals surface area contributed by atoms with Crippen LogP contribution in [0.1, 0.15) is 21.7 Å². The molecule has 0 saturated carbocycles. The van der Waals surface area contributed by atoms with Crippen molar-refractivity contribution in [1.82, 2.24) is 14.6 Å². The maximum Gasteiger partial charge on any atom is 0.435 e. The van der Waals surface area contributed by atoms with Crippen molar-refractivity contribution in [1.29, 1.82) is 0 Å². The summed E-state index contributed by atoms with van der Waals surface area (Å²) in [5, 5.41) is 3.40. The zero-order chi connectivity index (χ0) is 16.8. The molecule has 0 atom stereocenters. The molecule has 1 aromatic carbocycles. The number of nitrogens with one attached hydrogen (secondary N) is 1. The minimum Gasteiger partial charge on any atom is -0.342 e. The molecule has 0 saturated heterocycles. The number of carbonyl (C=O) groups excluding carboxylic acids is 1. The second-order valence-corrected chi connectivity index (χ2v) is 4.93. The summed E-state index contributed by atoms with van der Waals surface area (Å²) < 4.78 is 40.6. The van der Waals surface area contributed by atoms with Crippen LogP contribution in [0.25, 0.3) is 16.8 Å². The highest BCUT2D eigenvalue weighted by atomic mass is 19.4. The maximum atomic E-state index is 13.3. The minimum absolute atomic E-state index is 0.100. The molecule has 23 heavy (non-hydrogen) atoms. The molecule has 0 bridgehead atoms. The summed E-state index contributed by atoms with van der Waals surface area (Å²) in [6.45, 7) is 1.44. The van der Waals surface area contributed by atoms with Crippen LogP contribution in [0.5, 0.6) is 0 Å². The lowest BCUT2D eigenvalue weighted by Crippen LogP contribution is -2.21. The molecule has 0 spiro atoms. The molecule has 1 N–H and O–H groups in total. The van der Waals surface area contributed by atoms with Gasteiger partial charge in [0.15, 0.2) is 12.0 Å². The highest BCUT2D eigenvalue weighted by molar-refractivity contribution is 5.82. The van der Waals surface area contributed by atoms with Crippen LogP contribution in [0.15, 0.2) is 35.1 Å². The number of aldehydes is 1. The summed E-state index contributed by atoms with van der Waals surface area (Å²) in [6.07, 6.45) is -4.45. The molecule has 3 aromatic rings. The van der Waals surface area contributed by atoms with Gasteiger partial charge in [0.1, 0.15) is 11.2 Å². The van der Waals surface area contributed by atoms with E-state index in [0.717, 1.165) is 0 Å². The third-order valence-corrected chi connectivity index (χ3v) is 3.47. The number of hydrogen-bond acceptors (Lipinski definition) is 3. The van der Waals surface area contributed by atoms with Crippen molar-refractivity contribution in [3.63, 3.8) is 0 Å². The smallest absolute Gasteiger partial charge is 0.342 e. The van der Waals surface area contributed by atoms with Gasteiger partial charge in [0.05, 0.1) is 5.56 Å². The lowest BCUT2D eigenvalue weighted by Gasteiger charge is -2.06. The summed E-state index contributed by atoms with van der Waals surface area (Å²) in [5.74, 6) is 0. The van der Waals surface area contributed by atoms with Gasteiger partial charge in [-0.3, -0.25) is 9.59 Å². The van der Waals surface area contributed by atoms with E-state index in [-0.39, 0.29) is 28.0 Å². The topological polar surface area (TPSA) is 67.2 Å². The van der Waals surface area contributed by atoms with Gasteiger partial charge in [-0.25, -0.2) is 0 Å². The van der Waals surface area contributed by atoms with E-state index in [0.29, 0.717) is 10.8 Å². The van der Waals surface area contributed by atoms with Crippen molar-refractivity contribution in [3.05, 3.63) is 57.6 Å². The van der Waals surface area contributed by atoms with Crippen LogP contribution in [0.3, 0.4) is 0 Å². The van der Waals surface area contributed by atoms with Crippen LogP contribution < -0.4 is 5.56 Å². The lowest BCUT2D eigenvalue weighted by atomic mass is 10.1. The number of nitrogens with zero attached hydrogens (tertiary/aromatic N) is 2. The molecule has 0 unspecified atom stereocenters. The number of fused-ring (bicyclic) bond motifs is 1. The van der Waals surface area contributed by atoms with Gasteiger partial charge in [-0.05, 0) is 12.5 Å². The van der Waals surface area contributed by atoms with Crippen molar-refractivity contribution in [2.75, 3.05) is 0 Å². The van der Waals surface area contributed by atoms with Gasteiger partial charge in [0, 0.05) is 5.69 Å². The molecule has 2 heterocycles. The summed E-state index contributed by atoms with van der Waals surface area (Å²) in [5.41, 5.74) is -2.20. The molecular weight excluding hydrogens is 311 g/mol. The van der Waals surface area contributed by atoms with Gasteiger partial charge in [-0.1, -0.05) is 30.3 Å². The first kappa shape index (κ1) is 15.0. The number of H-pyrrole nitrogens is 1. The van der Waals surface area contributed by atoms with Gasteiger partial charge in [-0.15, -0.1) is 0 Å². The number of alkyl halides is 3. The maximum absolute atomic E-state index is 13.3. The molecule has 8 heteroatoms. The fraction of sp³-hybridized carbons (Fsp3) is 0.133. The molecule has 3 rings (SSSR count). The van der Waals surface area contributed by atoms with Gasteiger partial charge in [0.25, 0.3) is 5.56 Å². The molecular formula is C15H10F3N3O2. The predicted molar refractivity (Wildman–Crippen MR) is 76.4 cm³/mol. The second-order valence-electron chi connectivity index (χ2n) is 4.93. The summed E-state index contributed by atoms with van der Waals surface area (Å²) in [4.78, 5) is 25.8. The van der Waals surface area contributed by atoms with Crippen molar-refractivity contribution in [2.24, 2.45) is 0 Å². The molecule has 0 aliphatic heterocycles. The average molecular weight is 321 g/mol. The third kappa shape index (κ3) is 2.32. The summed E-state index contributed by atoms with van der Waals surface area (Å²) >= 11 is 0. The first-order valence-electron chi connectivity index (χ1n) is 6.58. The monoisotopic (exact) mass is 321 g/mol. The van der Waals surface area contributed by atoms with E-state index >= 15 is 0 Å². The number of aromatic nitrogens is 3. The largest absolute Gasteiger partial charge is 0.435 e. The highest BCUT2D eigenvalue weighted by Crippen LogP contribution is 2.37. The van der Waals surface area contributed by atoms with Gasteiger partial charge < -0.3 is 4.98 Å². The Morgan fingerprint density at radius 3 is 2.43 bits per heavy atom. The quantitative estimate of drug-likeness (QED) is 0.738. The Bertz CT molecular complexity index is 956. The summed E-state index contributed by atoms with van der Waals surface area (Å²) in [7, 11) is 0. The average Bonchev–Trinajstić information content (AvgIpc) is 2.88. The molecule has 5 nitrogen and oxygen atoms in total. The van der Waals surface area contributed by atoms with Gasteiger partial charge >= 0.3 is 6.18 Å². The molecule has 0 fully saturated rings. The highest BCUT2D eigenvalue weighted by Gasteiger charge is 2.39. The zero-order valence-corrected chi connectivity index (χ0v) is 11.8. The van der Waals surface area contributed by atoms with Crippen LogP contribution in [0.4, 0.5) is 13.2 Å². The number of aryl methyl sites for hydroxylation is 1. The Labute approximate surface area is 127 Å². The van der Waals surface area contributed by atoms with E-state index in [9.17, 15) is 22.8 Å². The summed E-state index contributed by atoms with van der Waals surface area (Å²) in [6, 6.07) is 7.83. The molecule has 0 aliphatic carbocycles. The van der Waals surface area contributed by atoms with E-state index in [1.807, 2.05) is 0 Å². The first-order chi connectivity index (χ1) is 10.8. The van der Waals surface area contributed by atoms with Gasteiger partial charge in [-0.2, -0.15) is 22.8 Å². The Hall–Kier alpha value is -2.90. The van der Waals surface area contributed by atoms with Crippen LogP contribution in [-0.2, 0) is 6.18 Å². The second kappa shape index (κ2) is 5.08. The van der Waals surface area contributed by atoms with Crippen molar-refractivity contribution < 1.29 is 18.0 Å². The van der Waals surface area contributed by atoms with E-state index in [1.165, 1.54) is 19.1 Å².